The molecule has 1 aromatic carbocycles. The van der Waals surface area contributed by atoms with E-state index in [2.05, 4.69) is 15.9 Å². The normalized spacial score (nSPS) is 18.1. The Labute approximate surface area is 108 Å². The second kappa shape index (κ2) is 4.77. The summed E-state index contributed by atoms with van der Waals surface area (Å²) in [5.41, 5.74) is 0.0630. The highest BCUT2D eigenvalue weighted by molar-refractivity contribution is 9.10. The number of rotatable bonds is 2. The van der Waals surface area contributed by atoms with Gasteiger partial charge in [-0.05, 0) is 36.6 Å². The zero-order chi connectivity index (χ0) is 12.5. The van der Waals surface area contributed by atoms with E-state index in [1.807, 2.05) is 6.07 Å². The SMILES string of the molecule is COC(=O)C1(c2cc(F)cc(Br)c2)CCCC1. The van der Waals surface area contributed by atoms with E-state index in [1.54, 1.807) is 0 Å². The number of ether oxygens (including phenoxy) is 1. The van der Waals surface area contributed by atoms with Crippen LogP contribution in [0.2, 0.25) is 0 Å². The van der Waals surface area contributed by atoms with E-state index in [-0.39, 0.29) is 11.8 Å². The van der Waals surface area contributed by atoms with E-state index in [4.69, 9.17) is 4.74 Å². The topological polar surface area (TPSA) is 26.3 Å². The molecule has 0 aromatic heterocycles. The van der Waals surface area contributed by atoms with Gasteiger partial charge in [0, 0.05) is 4.47 Å². The van der Waals surface area contributed by atoms with Gasteiger partial charge in [0.15, 0.2) is 0 Å². The van der Waals surface area contributed by atoms with E-state index in [1.165, 1.54) is 19.2 Å². The molecule has 92 valence electrons. The van der Waals surface area contributed by atoms with Crippen molar-refractivity contribution in [1.29, 1.82) is 0 Å². The first-order valence-corrected chi connectivity index (χ1v) is 6.43. The van der Waals surface area contributed by atoms with Crippen LogP contribution in [0, 0.1) is 5.82 Å². The van der Waals surface area contributed by atoms with Gasteiger partial charge in [0.05, 0.1) is 12.5 Å². The summed E-state index contributed by atoms with van der Waals surface area (Å²) in [5.74, 6) is -0.586. The van der Waals surface area contributed by atoms with Gasteiger partial charge in [-0.15, -0.1) is 0 Å². The zero-order valence-electron chi connectivity index (χ0n) is 9.63. The molecule has 0 saturated heterocycles. The Bertz CT molecular complexity index is 419. The van der Waals surface area contributed by atoms with Gasteiger partial charge in [-0.1, -0.05) is 28.8 Å². The lowest BCUT2D eigenvalue weighted by atomic mass is 9.79. The third-order valence-electron chi connectivity index (χ3n) is 3.45. The molecule has 1 aromatic rings. The number of methoxy groups -OCH3 is 1. The minimum absolute atomic E-state index is 0.257. The highest BCUT2D eigenvalue weighted by Crippen LogP contribution is 2.43. The van der Waals surface area contributed by atoms with Crippen molar-refractivity contribution in [3.63, 3.8) is 0 Å². The van der Waals surface area contributed by atoms with Crippen LogP contribution in [0.5, 0.6) is 0 Å². The summed E-state index contributed by atoms with van der Waals surface area (Å²) in [7, 11) is 1.39. The maximum absolute atomic E-state index is 13.4. The van der Waals surface area contributed by atoms with E-state index in [0.717, 1.165) is 25.7 Å². The van der Waals surface area contributed by atoms with E-state index < -0.39 is 5.41 Å². The van der Waals surface area contributed by atoms with E-state index in [0.29, 0.717) is 10.0 Å². The van der Waals surface area contributed by atoms with Crippen molar-refractivity contribution < 1.29 is 13.9 Å². The maximum atomic E-state index is 13.4. The summed E-state index contributed by atoms with van der Waals surface area (Å²) in [6.07, 6.45) is 3.41. The monoisotopic (exact) mass is 300 g/mol. The summed E-state index contributed by atoms with van der Waals surface area (Å²) >= 11 is 3.26. The second-order valence-corrected chi connectivity index (χ2v) is 5.35. The fraction of sp³-hybridized carbons (Fsp3) is 0.462. The molecule has 2 rings (SSSR count). The van der Waals surface area contributed by atoms with Gasteiger partial charge in [0.2, 0.25) is 0 Å². The second-order valence-electron chi connectivity index (χ2n) is 4.44. The fourth-order valence-corrected chi connectivity index (χ4v) is 3.08. The molecule has 17 heavy (non-hydrogen) atoms. The van der Waals surface area contributed by atoms with Crippen LogP contribution in [0.4, 0.5) is 4.39 Å². The molecule has 0 amide bonds. The fourth-order valence-electron chi connectivity index (χ4n) is 2.61. The molecule has 1 aliphatic rings. The molecule has 0 atom stereocenters. The Hall–Kier alpha value is -0.900. The first kappa shape index (κ1) is 12.6. The molecule has 1 saturated carbocycles. The largest absolute Gasteiger partial charge is 0.468 e. The standard InChI is InChI=1S/C13H14BrFO2/c1-17-12(16)13(4-2-3-5-13)9-6-10(14)8-11(15)7-9/h6-8H,2-5H2,1H3. The molecule has 0 radical (unpaired) electrons. The predicted octanol–water partition coefficient (Wildman–Crippen LogP) is 3.57. The number of esters is 1. The minimum atomic E-state index is -0.653. The van der Waals surface area contributed by atoms with Crippen molar-refractivity contribution in [2.45, 2.75) is 31.1 Å². The van der Waals surface area contributed by atoms with Gasteiger partial charge in [-0.25, -0.2) is 4.39 Å². The van der Waals surface area contributed by atoms with Crippen LogP contribution in [0.25, 0.3) is 0 Å². The summed E-state index contributed by atoms with van der Waals surface area (Å²) in [5, 5.41) is 0. The van der Waals surface area contributed by atoms with Crippen LogP contribution in [0.3, 0.4) is 0 Å². The molecule has 2 nitrogen and oxygen atoms in total. The van der Waals surface area contributed by atoms with Crippen molar-refractivity contribution in [1.82, 2.24) is 0 Å². The lowest BCUT2D eigenvalue weighted by Gasteiger charge is -2.26. The number of hydrogen-bond acceptors (Lipinski definition) is 2. The molecule has 0 bridgehead atoms. The Morgan fingerprint density at radius 1 is 1.35 bits per heavy atom. The number of carbonyl (C=O) groups is 1. The Morgan fingerprint density at radius 3 is 2.53 bits per heavy atom. The number of benzene rings is 1. The molecule has 1 aliphatic carbocycles. The number of halogens is 2. The van der Waals surface area contributed by atoms with Gasteiger partial charge >= 0.3 is 5.97 Å². The molecule has 1 fully saturated rings. The van der Waals surface area contributed by atoms with Crippen LogP contribution in [0.1, 0.15) is 31.2 Å². The first-order valence-electron chi connectivity index (χ1n) is 5.63. The smallest absolute Gasteiger partial charge is 0.316 e. The van der Waals surface area contributed by atoms with Crippen LogP contribution >= 0.6 is 15.9 Å². The average molecular weight is 301 g/mol. The number of hydrogen-bond donors (Lipinski definition) is 0. The Morgan fingerprint density at radius 2 is 2.00 bits per heavy atom. The molecule has 4 heteroatoms. The molecular formula is C13H14BrFO2. The highest BCUT2D eigenvalue weighted by atomic mass is 79.9. The van der Waals surface area contributed by atoms with Crippen molar-refractivity contribution in [2.75, 3.05) is 7.11 Å². The van der Waals surface area contributed by atoms with Crippen LogP contribution in [-0.2, 0) is 14.9 Å². The van der Waals surface area contributed by atoms with Crippen LogP contribution in [0.15, 0.2) is 22.7 Å². The molecule has 0 aliphatic heterocycles. The van der Waals surface area contributed by atoms with Gasteiger partial charge in [0.1, 0.15) is 5.82 Å². The van der Waals surface area contributed by atoms with Crippen molar-refractivity contribution in [3.8, 4) is 0 Å². The van der Waals surface area contributed by atoms with Gasteiger partial charge in [-0.3, -0.25) is 4.79 Å². The maximum Gasteiger partial charge on any atom is 0.316 e. The number of carbonyl (C=O) groups excluding carboxylic acids is 1. The Balaban J connectivity index is 2.49. The van der Waals surface area contributed by atoms with Crippen LogP contribution < -0.4 is 0 Å². The van der Waals surface area contributed by atoms with Gasteiger partial charge in [-0.2, -0.15) is 0 Å². The average Bonchev–Trinajstić information content (AvgIpc) is 2.77. The summed E-state index contributed by atoms with van der Waals surface area (Å²) in [6, 6.07) is 4.64. The first-order chi connectivity index (χ1) is 8.08. The highest BCUT2D eigenvalue weighted by Gasteiger charge is 2.44. The van der Waals surface area contributed by atoms with Crippen molar-refractivity contribution in [2.24, 2.45) is 0 Å². The molecule has 0 N–H and O–H groups in total. The van der Waals surface area contributed by atoms with E-state index in [9.17, 15) is 9.18 Å². The quantitative estimate of drug-likeness (QED) is 0.781. The van der Waals surface area contributed by atoms with Gasteiger partial charge in [0.25, 0.3) is 0 Å². The predicted molar refractivity (Wildman–Crippen MR) is 66.3 cm³/mol. The van der Waals surface area contributed by atoms with Crippen molar-refractivity contribution in [3.05, 3.63) is 34.1 Å². The molecular weight excluding hydrogens is 287 g/mol. The molecule has 0 spiro atoms. The third kappa shape index (κ3) is 2.23. The molecule has 0 heterocycles. The minimum Gasteiger partial charge on any atom is -0.468 e. The van der Waals surface area contributed by atoms with E-state index >= 15 is 0 Å². The summed E-state index contributed by atoms with van der Waals surface area (Å²) in [4.78, 5) is 12.0. The zero-order valence-corrected chi connectivity index (χ0v) is 11.2. The lowest BCUT2D eigenvalue weighted by Crippen LogP contribution is -2.34. The summed E-state index contributed by atoms with van der Waals surface area (Å²) in [6.45, 7) is 0. The molecule has 0 unspecified atom stereocenters. The van der Waals surface area contributed by atoms with Gasteiger partial charge < -0.3 is 4.74 Å². The summed E-state index contributed by atoms with van der Waals surface area (Å²) < 4.78 is 19.0. The third-order valence-corrected chi connectivity index (χ3v) is 3.91. The van der Waals surface area contributed by atoms with Crippen molar-refractivity contribution >= 4 is 21.9 Å². The van der Waals surface area contributed by atoms with Crippen LogP contribution in [-0.4, -0.2) is 13.1 Å². The lowest BCUT2D eigenvalue weighted by molar-refractivity contribution is -0.147. The Kier molecular flexibility index (Phi) is 3.52.